The third kappa shape index (κ3) is 2.83. The Morgan fingerprint density at radius 2 is 1.87 bits per heavy atom. The van der Waals surface area contributed by atoms with Crippen LogP contribution in [0, 0.1) is 5.92 Å². The van der Waals surface area contributed by atoms with E-state index in [-0.39, 0.29) is 6.10 Å². The van der Waals surface area contributed by atoms with Gasteiger partial charge in [-0.15, -0.1) is 0 Å². The molecule has 0 aromatic heterocycles. The van der Waals surface area contributed by atoms with Crippen LogP contribution in [-0.2, 0) is 4.74 Å². The van der Waals surface area contributed by atoms with Gasteiger partial charge < -0.3 is 9.84 Å². The Kier molecular flexibility index (Phi) is 3.24. The summed E-state index contributed by atoms with van der Waals surface area (Å²) in [5.41, 5.74) is 0.562. The highest BCUT2D eigenvalue weighted by molar-refractivity contribution is 6.78. The molecule has 0 amide bonds. The van der Waals surface area contributed by atoms with Crippen LogP contribution >= 0.6 is 0 Å². The van der Waals surface area contributed by atoms with E-state index in [9.17, 15) is 5.11 Å². The number of rotatable bonds is 3. The molecule has 2 nitrogen and oxygen atoms in total. The molecule has 0 bridgehead atoms. The second-order valence-corrected chi connectivity index (χ2v) is 11.6. The fourth-order valence-electron chi connectivity index (χ4n) is 2.85. The van der Waals surface area contributed by atoms with E-state index in [0.29, 0.717) is 17.7 Å². The topological polar surface area (TPSA) is 32.8 Å². The molecule has 2 rings (SSSR count). The summed E-state index contributed by atoms with van der Waals surface area (Å²) in [6.45, 7) is 7.11. The lowest BCUT2D eigenvalue weighted by molar-refractivity contribution is 0.0610. The molecule has 1 heterocycles. The minimum Gasteiger partial charge on any atom is -0.393 e. The fourth-order valence-corrected chi connectivity index (χ4v) is 4.68. The van der Waals surface area contributed by atoms with Crippen molar-refractivity contribution >= 4 is 8.07 Å². The standard InChI is InChI=1S/C12H24O2Si/c1-15(2,3)12-11(14-12)8-9-6-4-5-7-10(9)13/h9-13H,4-8H2,1-3H3/t9-,10+,11?,12?/m0/s1. The highest BCUT2D eigenvalue weighted by atomic mass is 28.3. The van der Waals surface area contributed by atoms with Crippen molar-refractivity contribution in [3.8, 4) is 0 Å². The molecule has 4 atom stereocenters. The number of hydrogen-bond acceptors (Lipinski definition) is 2. The second kappa shape index (κ2) is 4.19. The van der Waals surface area contributed by atoms with Crippen LogP contribution in [0.25, 0.3) is 0 Å². The molecule has 3 heteroatoms. The zero-order valence-corrected chi connectivity index (χ0v) is 11.2. The quantitative estimate of drug-likeness (QED) is 0.595. The molecule has 2 unspecified atom stereocenters. The van der Waals surface area contributed by atoms with E-state index in [0.717, 1.165) is 12.8 Å². The summed E-state index contributed by atoms with van der Waals surface area (Å²) in [6, 6.07) is 0. The van der Waals surface area contributed by atoms with Crippen LogP contribution in [0.15, 0.2) is 0 Å². The van der Waals surface area contributed by atoms with Crippen LogP contribution < -0.4 is 0 Å². The summed E-state index contributed by atoms with van der Waals surface area (Å²) < 4.78 is 5.78. The summed E-state index contributed by atoms with van der Waals surface area (Å²) in [6.07, 6.45) is 6.26. The largest absolute Gasteiger partial charge is 0.393 e. The summed E-state index contributed by atoms with van der Waals surface area (Å²) >= 11 is 0. The monoisotopic (exact) mass is 228 g/mol. The Bertz CT molecular complexity index is 224. The highest BCUT2D eigenvalue weighted by Crippen LogP contribution is 2.39. The van der Waals surface area contributed by atoms with Gasteiger partial charge in [0.05, 0.1) is 26.0 Å². The molecule has 88 valence electrons. The van der Waals surface area contributed by atoms with E-state index in [2.05, 4.69) is 19.6 Å². The van der Waals surface area contributed by atoms with Crippen LogP contribution in [0.2, 0.25) is 19.6 Å². The maximum atomic E-state index is 9.89. The number of aliphatic hydroxyl groups is 1. The van der Waals surface area contributed by atoms with Gasteiger partial charge in [-0.25, -0.2) is 0 Å². The van der Waals surface area contributed by atoms with E-state index in [4.69, 9.17) is 4.74 Å². The van der Waals surface area contributed by atoms with Crippen LogP contribution in [0.4, 0.5) is 0 Å². The molecule has 15 heavy (non-hydrogen) atoms. The number of ether oxygens (including phenoxy) is 1. The molecule has 1 N–H and O–H groups in total. The van der Waals surface area contributed by atoms with Gasteiger partial charge in [-0.05, 0) is 25.2 Å². The van der Waals surface area contributed by atoms with Crippen molar-refractivity contribution in [2.24, 2.45) is 5.92 Å². The van der Waals surface area contributed by atoms with Gasteiger partial charge in [-0.3, -0.25) is 0 Å². The summed E-state index contributed by atoms with van der Waals surface area (Å²) in [5, 5.41) is 9.89. The van der Waals surface area contributed by atoms with Gasteiger partial charge in [0.15, 0.2) is 0 Å². The first kappa shape index (κ1) is 11.6. The zero-order chi connectivity index (χ0) is 11.1. The van der Waals surface area contributed by atoms with E-state index >= 15 is 0 Å². The average Bonchev–Trinajstić information content (AvgIpc) is 2.87. The Morgan fingerprint density at radius 3 is 2.40 bits per heavy atom. The number of hydrogen-bond donors (Lipinski definition) is 1. The first-order chi connectivity index (χ1) is 6.98. The predicted molar refractivity (Wildman–Crippen MR) is 64.6 cm³/mol. The van der Waals surface area contributed by atoms with E-state index < -0.39 is 8.07 Å². The maximum absolute atomic E-state index is 9.89. The lowest BCUT2D eigenvalue weighted by atomic mass is 9.84. The van der Waals surface area contributed by atoms with Crippen LogP contribution in [0.1, 0.15) is 32.1 Å². The van der Waals surface area contributed by atoms with Crippen molar-refractivity contribution in [1.82, 2.24) is 0 Å². The van der Waals surface area contributed by atoms with Gasteiger partial charge in [0, 0.05) is 0 Å². The lowest BCUT2D eigenvalue weighted by Crippen LogP contribution is -2.32. The molecule has 0 radical (unpaired) electrons. The molecule has 1 aliphatic carbocycles. The third-order valence-electron chi connectivity index (χ3n) is 3.84. The lowest BCUT2D eigenvalue weighted by Gasteiger charge is -2.27. The summed E-state index contributed by atoms with van der Waals surface area (Å²) in [4.78, 5) is 0. The molecule has 0 aromatic rings. The predicted octanol–water partition coefficient (Wildman–Crippen LogP) is 2.57. The van der Waals surface area contributed by atoms with Gasteiger partial charge >= 0.3 is 0 Å². The number of epoxide rings is 1. The molecule has 1 saturated carbocycles. The smallest absolute Gasteiger partial charge is 0.0819 e. The third-order valence-corrected chi connectivity index (χ3v) is 6.06. The van der Waals surface area contributed by atoms with E-state index in [1.807, 2.05) is 0 Å². The van der Waals surface area contributed by atoms with E-state index in [1.54, 1.807) is 0 Å². The fraction of sp³-hybridized carbons (Fsp3) is 1.00. The van der Waals surface area contributed by atoms with Crippen LogP contribution in [-0.4, -0.2) is 31.1 Å². The molecule has 2 aliphatic rings. The zero-order valence-electron chi connectivity index (χ0n) is 10.2. The molecule has 2 fully saturated rings. The molecular weight excluding hydrogens is 204 g/mol. The summed E-state index contributed by atoms with van der Waals surface area (Å²) in [5.74, 6) is 0.519. The Balaban J connectivity index is 1.79. The van der Waals surface area contributed by atoms with Crippen LogP contribution in [0.3, 0.4) is 0 Å². The van der Waals surface area contributed by atoms with Crippen molar-refractivity contribution in [1.29, 1.82) is 0 Å². The Morgan fingerprint density at radius 1 is 1.20 bits per heavy atom. The maximum Gasteiger partial charge on any atom is 0.0819 e. The number of aliphatic hydroxyl groups excluding tert-OH is 1. The first-order valence-corrected chi connectivity index (χ1v) is 9.90. The SMILES string of the molecule is C[Si](C)(C)C1OC1C[C@@H]1CCCC[C@H]1O. The minimum absolute atomic E-state index is 0.0507. The van der Waals surface area contributed by atoms with Crippen molar-refractivity contribution < 1.29 is 9.84 Å². The van der Waals surface area contributed by atoms with Crippen molar-refractivity contribution in [3.05, 3.63) is 0 Å². The van der Waals surface area contributed by atoms with Gasteiger partial charge in [0.25, 0.3) is 0 Å². The molecular formula is C12H24O2Si. The van der Waals surface area contributed by atoms with Gasteiger partial charge in [0.1, 0.15) is 0 Å². The summed E-state index contributed by atoms with van der Waals surface area (Å²) in [7, 11) is -1.10. The minimum atomic E-state index is -1.10. The first-order valence-electron chi connectivity index (χ1n) is 6.32. The van der Waals surface area contributed by atoms with Gasteiger partial charge in [-0.2, -0.15) is 0 Å². The van der Waals surface area contributed by atoms with Crippen LogP contribution in [0.5, 0.6) is 0 Å². The molecule has 1 aliphatic heterocycles. The average molecular weight is 228 g/mol. The normalized spacial score (nSPS) is 41.6. The molecule has 0 spiro atoms. The van der Waals surface area contributed by atoms with Crippen molar-refractivity contribution in [2.75, 3.05) is 0 Å². The van der Waals surface area contributed by atoms with Gasteiger partial charge in [0.2, 0.25) is 0 Å². The van der Waals surface area contributed by atoms with E-state index in [1.165, 1.54) is 19.3 Å². The molecule has 1 saturated heterocycles. The van der Waals surface area contributed by atoms with Crippen molar-refractivity contribution in [2.45, 2.75) is 69.7 Å². The van der Waals surface area contributed by atoms with Crippen molar-refractivity contribution in [3.63, 3.8) is 0 Å². The second-order valence-electron chi connectivity index (χ2n) is 6.31. The Labute approximate surface area is 94.0 Å². The molecule has 0 aromatic carbocycles. The highest BCUT2D eigenvalue weighted by Gasteiger charge is 2.49. The Hall–Kier alpha value is 0.137. The van der Waals surface area contributed by atoms with Gasteiger partial charge in [-0.1, -0.05) is 32.5 Å².